The SMILES string of the molecule is Cc1cc(C)n(-c2cc([C@H](CC(=O)O)CN3CC[C@@H](CCc4ccc5c(n4)NCCC5)C3)cc(N3CCN(C(=O)CCCC(=O)O)CC3)c2)n1. The van der Waals surface area contributed by atoms with Crippen LogP contribution in [0.5, 0.6) is 0 Å². The van der Waals surface area contributed by atoms with Crippen molar-refractivity contribution in [2.75, 3.05) is 62.6 Å². The lowest BCUT2D eigenvalue weighted by Crippen LogP contribution is -2.48. The van der Waals surface area contributed by atoms with Crippen LogP contribution in [0.4, 0.5) is 11.5 Å². The second-order valence-corrected chi connectivity index (χ2v) is 14.3. The average Bonchev–Trinajstić information content (AvgIpc) is 3.70. The van der Waals surface area contributed by atoms with Gasteiger partial charge in [0.25, 0.3) is 0 Å². The maximum absolute atomic E-state index is 12.7. The van der Waals surface area contributed by atoms with Crippen LogP contribution in [-0.2, 0) is 27.2 Å². The molecule has 6 rings (SSSR count). The van der Waals surface area contributed by atoms with Gasteiger partial charge in [0.15, 0.2) is 0 Å². The first-order valence-corrected chi connectivity index (χ1v) is 18.2. The van der Waals surface area contributed by atoms with Crippen LogP contribution in [0, 0.1) is 19.8 Å². The van der Waals surface area contributed by atoms with Crippen molar-refractivity contribution in [2.24, 2.45) is 5.92 Å². The van der Waals surface area contributed by atoms with Crippen LogP contribution in [-0.4, -0.2) is 105 Å². The second kappa shape index (κ2) is 16.1. The third kappa shape index (κ3) is 9.01. The standard InChI is InChI=1S/C38H51N7O5/c1-26-19-27(2)45(41-26)34-21-30(20-33(23-34)43-15-17-44(18-16-43)35(46)6-3-7-36(47)48)31(22-37(49)50)25-42-14-12-28(24-42)8-10-32-11-9-29-5-4-13-39-38(29)40-32/h9,11,19-21,23,28,31H,3-8,10,12-18,22,24-25H2,1-2H3,(H,39,40)(H,47,48)(H,49,50)/t28-,31-/m1/s1. The summed E-state index contributed by atoms with van der Waals surface area (Å²) in [6, 6.07) is 12.8. The molecule has 3 aliphatic heterocycles. The molecule has 0 bridgehead atoms. The lowest BCUT2D eigenvalue weighted by molar-refractivity contribution is -0.138. The zero-order valence-corrected chi connectivity index (χ0v) is 29.4. The van der Waals surface area contributed by atoms with Crippen molar-refractivity contribution in [1.82, 2.24) is 24.6 Å². The third-order valence-electron chi connectivity index (χ3n) is 10.5. The molecule has 50 heavy (non-hydrogen) atoms. The predicted octanol–water partition coefficient (Wildman–Crippen LogP) is 4.66. The number of carbonyl (C=O) groups is 3. The molecule has 2 saturated heterocycles. The Morgan fingerprint density at radius 2 is 1.76 bits per heavy atom. The van der Waals surface area contributed by atoms with Crippen LogP contribution >= 0.6 is 0 Å². The van der Waals surface area contributed by atoms with Gasteiger partial charge in [-0.25, -0.2) is 9.67 Å². The number of nitrogens with one attached hydrogen (secondary N) is 1. The Morgan fingerprint density at radius 1 is 0.960 bits per heavy atom. The maximum Gasteiger partial charge on any atom is 0.304 e. The fourth-order valence-corrected chi connectivity index (χ4v) is 7.80. The van der Waals surface area contributed by atoms with Gasteiger partial charge >= 0.3 is 11.9 Å². The summed E-state index contributed by atoms with van der Waals surface area (Å²) in [6.07, 6.45) is 5.96. The van der Waals surface area contributed by atoms with Gasteiger partial charge in [-0.3, -0.25) is 14.4 Å². The Balaban J connectivity index is 1.15. The summed E-state index contributed by atoms with van der Waals surface area (Å²) in [5.74, 6) is -0.319. The lowest BCUT2D eigenvalue weighted by Gasteiger charge is -2.37. The summed E-state index contributed by atoms with van der Waals surface area (Å²) in [5, 5.41) is 27.2. The zero-order valence-electron chi connectivity index (χ0n) is 29.4. The molecule has 1 amide bonds. The van der Waals surface area contributed by atoms with Crippen LogP contribution in [0.1, 0.15) is 79.1 Å². The molecule has 0 saturated carbocycles. The number of likely N-dealkylation sites (tertiary alicyclic amines) is 1. The van der Waals surface area contributed by atoms with E-state index in [1.807, 2.05) is 29.5 Å². The number of nitrogens with zero attached hydrogens (tertiary/aromatic N) is 6. The predicted molar refractivity (Wildman–Crippen MR) is 192 cm³/mol. The van der Waals surface area contributed by atoms with Gasteiger partial charge in [0.1, 0.15) is 5.82 Å². The average molecular weight is 686 g/mol. The quantitative estimate of drug-likeness (QED) is 0.219. The second-order valence-electron chi connectivity index (χ2n) is 14.3. The Bertz CT molecular complexity index is 1680. The largest absolute Gasteiger partial charge is 0.481 e. The van der Waals surface area contributed by atoms with E-state index in [9.17, 15) is 19.5 Å². The summed E-state index contributed by atoms with van der Waals surface area (Å²) in [5.41, 5.74) is 7.23. The first kappa shape index (κ1) is 35.4. The summed E-state index contributed by atoms with van der Waals surface area (Å²) < 4.78 is 1.93. The van der Waals surface area contributed by atoms with Crippen LogP contribution < -0.4 is 10.2 Å². The number of hydrogen-bond acceptors (Lipinski definition) is 8. The highest BCUT2D eigenvalue weighted by atomic mass is 16.4. The van der Waals surface area contributed by atoms with E-state index in [4.69, 9.17) is 15.2 Å². The number of aliphatic carboxylic acids is 2. The van der Waals surface area contributed by atoms with Gasteiger partial charge in [0.05, 0.1) is 17.8 Å². The first-order chi connectivity index (χ1) is 24.1. The molecule has 0 aliphatic carbocycles. The molecule has 2 fully saturated rings. The number of benzene rings is 1. The number of fused-ring (bicyclic) bond motifs is 1. The summed E-state index contributed by atoms with van der Waals surface area (Å²) in [4.78, 5) is 47.3. The maximum atomic E-state index is 12.7. The van der Waals surface area contributed by atoms with Crippen molar-refractivity contribution in [3.05, 3.63) is 64.6 Å². The van der Waals surface area contributed by atoms with Gasteiger partial charge < -0.3 is 30.2 Å². The molecule has 3 N–H and O–H groups in total. The molecule has 0 spiro atoms. The van der Waals surface area contributed by atoms with Crippen molar-refractivity contribution in [2.45, 2.75) is 77.6 Å². The fourth-order valence-electron chi connectivity index (χ4n) is 7.80. The number of piperazine rings is 1. The number of hydrogen-bond donors (Lipinski definition) is 3. The molecule has 3 aliphatic rings. The Kier molecular flexibility index (Phi) is 11.4. The monoisotopic (exact) mass is 685 g/mol. The van der Waals surface area contributed by atoms with E-state index in [1.54, 1.807) is 0 Å². The molecule has 12 heteroatoms. The summed E-state index contributed by atoms with van der Waals surface area (Å²) in [7, 11) is 0. The lowest BCUT2D eigenvalue weighted by atomic mass is 9.93. The Hall–Kier alpha value is -4.45. The number of aromatic nitrogens is 3. The number of rotatable bonds is 14. The van der Waals surface area contributed by atoms with Gasteiger partial charge in [0.2, 0.25) is 5.91 Å². The summed E-state index contributed by atoms with van der Waals surface area (Å²) >= 11 is 0. The molecule has 1 aromatic carbocycles. The van der Waals surface area contributed by atoms with E-state index >= 15 is 0 Å². The molecule has 5 heterocycles. The van der Waals surface area contributed by atoms with E-state index < -0.39 is 11.9 Å². The van der Waals surface area contributed by atoms with Gasteiger partial charge in [0, 0.05) is 81.6 Å². The number of carbonyl (C=O) groups excluding carboxylic acids is 1. The highest BCUT2D eigenvalue weighted by Gasteiger charge is 2.29. The normalized spacial score (nSPS) is 18.5. The van der Waals surface area contributed by atoms with Crippen molar-refractivity contribution in [3.63, 3.8) is 0 Å². The highest BCUT2D eigenvalue weighted by Crippen LogP contribution is 2.32. The Morgan fingerprint density at radius 3 is 2.50 bits per heavy atom. The van der Waals surface area contributed by atoms with E-state index in [-0.39, 0.29) is 31.1 Å². The smallest absolute Gasteiger partial charge is 0.304 e. The van der Waals surface area contributed by atoms with E-state index in [0.29, 0.717) is 45.1 Å². The minimum atomic E-state index is -0.886. The number of aryl methyl sites for hydroxylation is 4. The molecule has 3 aromatic rings. The van der Waals surface area contributed by atoms with Crippen molar-refractivity contribution >= 4 is 29.4 Å². The van der Waals surface area contributed by atoms with Crippen LogP contribution in [0.25, 0.3) is 5.69 Å². The van der Waals surface area contributed by atoms with Gasteiger partial charge in [-0.15, -0.1) is 0 Å². The van der Waals surface area contributed by atoms with Crippen molar-refractivity contribution in [3.8, 4) is 5.69 Å². The molecular formula is C38H51N7O5. The number of carboxylic acid groups (broad SMARTS) is 2. The molecule has 12 nitrogen and oxygen atoms in total. The van der Waals surface area contributed by atoms with Crippen LogP contribution in [0.3, 0.4) is 0 Å². The van der Waals surface area contributed by atoms with Gasteiger partial charge in [-0.1, -0.05) is 6.07 Å². The minimum absolute atomic E-state index is 0.00622. The number of pyridine rings is 1. The number of amides is 1. The van der Waals surface area contributed by atoms with E-state index in [0.717, 1.165) is 91.6 Å². The topological polar surface area (TPSA) is 144 Å². The molecule has 268 valence electrons. The van der Waals surface area contributed by atoms with Crippen molar-refractivity contribution in [1.29, 1.82) is 0 Å². The van der Waals surface area contributed by atoms with Gasteiger partial charge in [-0.2, -0.15) is 5.10 Å². The third-order valence-corrected chi connectivity index (χ3v) is 10.5. The number of carboxylic acids is 2. The van der Waals surface area contributed by atoms with Crippen LogP contribution in [0.15, 0.2) is 36.4 Å². The molecule has 0 radical (unpaired) electrons. The fraction of sp³-hybridized carbons (Fsp3) is 0.553. The van der Waals surface area contributed by atoms with Crippen molar-refractivity contribution < 1.29 is 24.6 Å². The summed E-state index contributed by atoms with van der Waals surface area (Å²) in [6.45, 7) is 9.93. The van der Waals surface area contributed by atoms with Crippen LogP contribution in [0.2, 0.25) is 0 Å². The highest BCUT2D eigenvalue weighted by molar-refractivity contribution is 5.77. The minimum Gasteiger partial charge on any atom is -0.481 e. The molecule has 2 atom stereocenters. The van der Waals surface area contributed by atoms with E-state index in [1.165, 1.54) is 5.56 Å². The molecule has 2 aromatic heterocycles. The molecular weight excluding hydrogens is 634 g/mol. The van der Waals surface area contributed by atoms with Gasteiger partial charge in [-0.05, 0) is 106 Å². The van der Waals surface area contributed by atoms with E-state index in [2.05, 4.69) is 45.4 Å². The molecule has 0 unspecified atom stereocenters. The zero-order chi connectivity index (χ0) is 35.2. The first-order valence-electron chi connectivity index (χ1n) is 18.2. The Labute approximate surface area is 294 Å². The number of anilines is 2.